The first kappa shape index (κ1) is 14.1. The zero-order valence-electron chi connectivity index (χ0n) is 12.7. The summed E-state index contributed by atoms with van der Waals surface area (Å²) in [5, 5.41) is 3.96. The SMILES string of the molecule is CCCC(NC1CCN2CCCC2C1)c1ccccc1. The summed E-state index contributed by atoms with van der Waals surface area (Å²) in [5.74, 6) is 0. The highest BCUT2D eigenvalue weighted by Crippen LogP contribution is 2.29. The molecule has 0 aliphatic carbocycles. The second kappa shape index (κ2) is 6.73. The van der Waals surface area contributed by atoms with Gasteiger partial charge in [0.05, 0.1) is 0 Å². The molecule has 3 rings (SSSR count). The van der Waals surface area contributed by atoms with Crippen LogP contribution in [-0.4, -0.2) is 30.1 Å². The van der Waals surface area contributed by atoms with Gasteiger partial charge >= 0.3 is 0 Å². The molecular formula is C18H28N2. The first-order valence-corrected chi connectivity index (χ1v) is 8.42. The van der Waals surface area contributed by atoms with Gasteiger partial charge in [-0.2, -0.15) is 0 Å². The molecule has 2 fully saturated rings. The van der Waals surface area contributed by atoms with Crippen molar-refractivity contribution < 1.29 is 0 Å². The van der Waals surface area contributed by atoms with Crippen molar-refractivity contribution >= 4 is 0 Å². The van der Waals surface area contributed by atoms with Gasteiger partial charge in [0.25, 0.3) is 0 Å². The Morgan fingerprint density at radius 3 is 2.85 bits per heavy atom. The lowest BCUT2D eigenvalue weighted by molar-refractivity contribution is 0.159. The molecule has 0 spiro atoms. The minimum absolute atomic E-state index is 0.541. The Morgan fingerprint density at radius 2 is 2.05 bits per heavy atom. The molecule has 2 aliphatic rings. The minimum Gasteiger partial charge on any atom is -0.307 e. The average Bonchev–Trinajstić information content (AvgIpc) is 2.95. The van der Waals surface area contributed by atoms with Gasteiger partial charge in [-0.1, -0.05) is 43.7 Å². The molecule has 20 heavy (non-hydrogen) atoms. The number of rotatable bonds is 5. The van der Waals surface area contributed by atoms with Crippen molar-refractivity contribution in [1.82, 2.24) is 10.2 Å². The van der Waals surface area contributed by atoms with Crippen molar-refractivity contribution in [3.8, 4) is 0 Å². The number of piperidine rings is 1. The van der Waals surface area contributed by atoms with Gasteiger partial charge in [0.1, 0.15) is 0 Å². The van der Waals surface area contributed by atoms with Gasteiger partial charge in [0.2, 0.25) is 0 Å². The molecule has 0 bridgehead atoms. The molecule has 2 heterocycles. The van der Waals surface area contributed by atoms with Crippen LogP contribution in [0.2, 0.25) is 0 Å². The largest absolute Gasteiger partial charge is 0.307 e. The highest BCUT2D eigenvalue weighted by molar-refractivity contribution is 5.19. The molecule has 0 radical (unpaired) electrons. The Bertz CT molecular complexity index is 403. The fourth-order valence-electron chi connectivity index (χ4n) is 3.98. The van der Waals surface area contributed by atoms with Crippen molar-refractivity contribution in [1.29, 1.82) is 0 Å². The second-order valence-electron chi connectivity index (χ2n) is 6.47. The lowest BCUT2D eigenvalue weighted by Gasteiger charge is -2.37. The van der Waals surface area contributed by atoms with E-state index in [4.69, 9.17) is 0 Å². The number of fused-ring (bicyclic) bond motifs is 1. The summed E-state index contributed by atoms with van der Waals surface area (Å²) < 4.78 is 0. The van der Waals surface area contributed by atoms with Crippen molar-refractivity contribution in [2.75, 3.05) is 13.1 Å². The highest BCUT2D eigenvalue weighted by atomic mass is 15.2. The van der Waals surface area contributed by atoms with E-state index in [1.165, 1.54) is 57.2 Å². The van der Waals surface area contributed by atoms with E-state index in [-0.39, 0.29) is 0 Å². The standard InChI is InChI=1S/C18H28N2/c1-2-7-18(15-8-4-3-5-9-15)19-16-11-13-20-12-6-10-17(20)14-16/h3-5,8-9,16-19H,2,6-7,10-14H2,1H3. The van der Waals surface area contributed by atoms with Gasteiger partial charge in [0.15, 0.2) is 0 Å². The van der Waals surface area contributed by atoms with E-state index < -0.39 is 0 Å². The van der Waals surface area contributed by atoms with Gasteiger partial charge in [-0.25, -0.2) is 0 Å². The molecule has 2 nitrogen and oxygen atoms in total. The molecule has 0 saturated carbocycles. The third-order valence-corrected chi connectivity index (χ3v) is 5.04. The Kier molecular flexibility index (Phi) is 4.74. The summed E-state index contributed by atoms with van der Waals surface area (Å²) in [6.45, 7) is 4.93. The third-order valence-electron chi connectivity index (χ3n) is 5.04. The molecule has 1 aromatic rings. The van der Waals surface area contributed by atoms with Gasteiger partial charge in [-0.05, 0) is 50.8 Å². The molecule has 2 aliphatic heterocycles. The molecule has 0 aromatic heterocycles. The topological polar surface area (TPSA) is 15.3 Å². The second-order valence-corrected chi connectivity index (χ2v) is 6.47. The van der Waals surface area contributed by atoms with Crippen molar-refractivity contribution in [3.05, 3.63) is 35.9 Å². The maximum absolute atomic E-state index is 3.96. The number of benzene rings is 1. The fraction of sp³-hybridized carbons (Fsp3) is 0.667. The van der Waals surface area contributed by atoms with E-state index in [9.17, 15) is 0 Å². The predicted molar refractivity (Wildman–Crippen MR) is 84.8 cm³/mol. The van der Waals surface area contributed by atoms with Crippen LogP contribution in [0.1, 0.15) is 57.1 Å². The maximum Gasteiger partial charge on any atom is 0.0322 e. The summed E-state index contributed by atoms with van der Waals surface area (Å²) >= 11 is 0. The van der Waals surface area contributed by atoms with Crippen LogP contribution in [0.5, 0.6) is 0 Å². The van der Waals surface area contributed by atoms with Crippen LogP contribution in [0, 0.1) is 0 Å². The molecule has 1 aromatic carbocycles. The first-order chi connectivity index (χ1) is 9.86. The molecule has 2 saturated heterocycles. The van der Waals surface area contributed by atoms with Crippen LogP contribution in [0.15, 0.2) is 30.3 Å². The monoisotopic (exact) mass is 272 g/mol. The quantitative estimate of drug-likeness (QED) is 0.878. The van der Waals surface area contributed by atoms with E-state index in [0.29, 0.717) is 12.1 Å². The molecule has 110 valence electrons. The van der Waals surface area contributed by atoms with Crippen LogP contribution < -0.4 is 5.32 Å². The minimum atomic E-state index is 0.541. The zero-order chi connectivity index (χ0) is 13.8. The fourth-order valence-corrected chi connectivity index (χ4v) is 3.98. The summed E-state index contributed by atoms with van der Waals surface area (Å²) in [6.07, 6.45) is 8.00. The molecule has 2 heteroatoms. The maximum atomic E-state index is 3.96. The Balaban J connectivity index is 1.62. The van der Waals surface area contributed by atoms with E-state index in [2.05, 4.69) is 47.5 Å². The van der Waals surface area contributed by atoms with Crippen molar-refractivity contribution in [2.45, 2.75) is 63.6 Å². The van der Waals surface area contributed by atoms with Gasteiger partial charge in [0, 0.05) is 18.1 Å². The van der Waals surface area contributed by atoms with Crippen molar-refractivity contribution in [2.24, 2.45) is 0 Å². The Morgan fingerprint density at radius 1 is 1.20 bits per heavy atom. The van der Waals surface area contributed by atoms with Gasteiger partial charge < -0.3 is 10.2 Å². The molecular weight excluding hydrogens is 244 g/mol. The van der Waals surface area contributed by atoms with E-state index >= 15 is 0 Å². The van der Waals surface area contributed by atoms with Crippen LogP contribution >= 0.6 is 0 Å². The van der Waals surface area contributed by atoms with E-state index in [0.717, 1.165) is 6.04 Å². The van der Waals surface area contributed by atoms with Crippen molar-refractivity contribution in [3.63, 3.8) is 0 Å². The smallest absolute Gasteiger partial charge is 0.0322 e. The van der Waals surface area contributed by atoms with E-state index in [1.807, 2.05) is 0 Å². The van der Waals surface area contributed by atoms with Crippen LogP contribution in [-0.2, 0) is 0 Å². The lowest BCUT2D eigenvalue weighted by atomic mass is 9.94. The molecule has 3 unspecified atom stereocenters. The molecule has 1 N–H and O–H groups in total. The Hall–Kier alpha value is -0.860. The van der Waals surface area contributed by atoms with Gasteiger partial charge in [-0.15, -0.1) is 0 Å². The third kappa shape index (κ3) is 3.24. The van der Waals surface area contributed by atoms with Gasteiger partial charge in [-0.3, -0.25) is 0 Å². The first-order valence-electron chi connectivity index (χ1n) is 8.42. The average molecular weight is 272 g/mol. The normalized spacial score (nSPS) is 28.2. The Labute approximate surface area is 123 Å². The number of nitrogens with one attached hydrogen (secondary N) is 1. The summed E-state index contributed by atoms with van der Waals surface area (Å²) in [5.41, 5.74) is 1.46. The van der Waals surface area contributed by atoms with Crippen LogP contribution in [0.25, 0.3) is 0 Å². The van der Waals surface area contributed by atoms with Crippen LogP contribution in [0.3, 0.4) is 0 Å². The summed E-state index contributed by atoms with van der Waals surface area (Å²) in [7, 11) is 0. The van der Waals surface area contributed by atoms with E-state index in [1.54, 1.807) is 0 Å². The highest BCUT2D eigenvalue weighted by Gasteiger charge is 2.32. The van der Waals surface area contributed by atoms with Crippen LogP contribution in [0.4, 0.5) is 0 Å². The number of hydrogen-bond donors (Lipinski definition) is 1. The summed E-state index contributed by atoms with van der Waals surface area (Å²) in [6, 6.07) is 13.1. The lowest BCUT2D eigenvalue weighted by Crippen LogP contribution is -2.46. The molecule has 3 atom stereocenters. The number of hydrogen-bond acceptors (Lipinski definition) is 2. The zero-order valence-corrected chi connectivity index (χ0v) is 12.7. The number of nitrogens with zero attached hydrogens (tertiary/aromatic N) is 1. The molecule has 0 amide bonds. The predicted octanol–water partition coefficient (Wildman–Crippen LogP) is 3.74. The summed E-state index contributed by atoms with van der Waals surface area (Å²) in [4.78, 5) is 2.70.